The molecule has 0 spiro atoms. The molecule has 7 heteroatoms. The molecule has 3 nitrogen and oxygen atoms in total. The number of Topliss-reactive ketones (excluding diaryl/α,β-unsaturated/α-hetero) is 1. The lowest BCUT2D eigenvalue weighted by atomic mass is 9.96. The Bertz CT molecular complexity index is 779. The van der Waals surface area contributed by atoms with E-state index in [1.54, 1.807) is 0 Å². The SMILES string of the molecule is N#CC(C(=O)c1cc2c(s1)CCCC2)c1ccc(C(F)(F)F)cn1. The molecule has 1 aliphatic rings. The van der Waals surface area contributed by atoms with Crippen molar-refractivity contribution in [3.8, 4) is 6.07 Å². The van der Waals surface area contributed by atoms with Crippen LogP contribution in [0.4, 0.5) is 13.2 Å². The van der Waals surface area contributed by atoms with Crippen molar-refractivity contribution in [3.63, 3.8) is 0 Å². The Morgan fingerprint density at radius 1 is 1.29 bits per heavy atom. The van der Waals surface area contributed by atoms with Crippen LogP contribution in [0.15, 0.2) is 24.4 Å². The zero-order chi connectivity index (χ0) is 17.3. The molecule has 0 saturated carbocycles. The van der Waals surface area contributed by atoms with Gasteiger partial charge in [0.1, 0.15) is 0 Å². The lowest BCUT2D eigenvalue weighted by Crippen LogP contribution is -2.13. The zero-order valence-electron chi connectivity index (χ0n) is 12.6. The Morgan fingerprint density at radius 3 is 2.62 bits per heavy atom. The summed E-state index contributed by atoms with van der Waals surface area (Å²) in [7, 11) is 0. The quantitative estimate of drug-likeness (QED) is 0.764. The lowest BCUT2D eigenvalue weighted by molar-refractivity contribution is -0.137. The summed E-state index contributed by atoms with van der Waals surface area (Å²) in [6.45, 7) is 0. The minimum atomic E-state index is -4.50. The minimum Gasteiger partial charge on any atom is -0.291 e. The van der Waals surface area contributed by atoms with Crippen molar-refractivity contribution < 1.29 is 18.0 Å². The van der Waals surface area contributed by atoms with Crippen molar-refractivity contribution in [3.05, 3.63) is 51.0 Å². The van der Waals surface area contributed by atoms with Crippen LogP contribution in [0.5, 0.6) is 0 Å². The van der Waals surface area contributed by atoms with E-state index in [4.69, 9.17) is 0 Å². The van der Waals surface area contributed by atoms with Gasteiger partial charge in [-0.1, -0.05) is 0 Å². The van der Waals surface area contributed by atoms with E-state index < -0.39 is 23.4 Å². The van der Waals surface area contributed by atoms with Gasteiger partial charge in [0.05, 0.1) is 22.2 Å². The topological polar surface area (TPSA) is 53.8 Å². The first-order chi connectivity index (χ1) is 11.4. The number of pyridine rings is 1. The highest BCUT2D eigenvalue weighted by Gasteiger charge is 2.32. The first-order valence-electron chi connectivity index (χ1n) is 7.48. The number of carbonyl (C=O) groups excluding carboxylic acids is 1. The van der Waals surface area contributed by atoms with Gasteiger partial charge in [0.2, 0.25) is 0 Å². The number of aryl methyl sites for hydroxylation is 2. The first kappa shape index (κ1) is 16.7. The van der Waals surface area contributed by atoms with Gasteiger partial charge in [-0.25, -0.2) is 0 Å². The van der Waals surface area contributed by atoms with Crippen molar-refractivity contribution in [1.82, 2.24) is 4.98 Å². The maximum atomic E-state index is 12.6. The van der Waals surface area contributed by atoms with E-state index in [1.807, 2.05) is 12.1 Å². The first-order valence-corrected chi connectivity index (χ1v) is 8.30. The van der Waals surface area contributed by atoms with E-state index in [0.29, 0.717) is 11.1 Å². The molecule has 0 aliphatic heterocycles. The van der Waals surface area contributed by atoms with Crippen molar-refractivity contribution in [2.75, 3.05) is 0 Å². The summed E-state index contributed by atoms with van der Waals surface area (Å²) < 4.78 is 37.8. The van der Waals surface area contributed by atoms with Gasteiger partial charge in [-0.3, -0.25) is 9.78 Å². The molecule has 24 heavy (non-hydrogen) atoms. The van der Waals surface area contributed by atoms with Crippen molar-refractivity contribution in [2.45, 2.75) is 37.8 Å². The summed E-state index contributed by atoms with van der Waals surface area (Å²) in [6.07, 6.45) is 0.192. The van der Waals surface area contributed by atoms with E-state index in [0.717, 1.165) is 43.4 Å². The third-order valence-electron chi connectivity index (χ3n) is 4.04. The predicted molar refractivity (Wildman–Crippen MR) is 82.9 cm³/mol. The summed E-state index contributed by atoms with van der Waals surface area (Å²) >= 11 is 1.38. The maximum Gasteiger partial charge on any atom is 0.417 e. The molecule has 0 N–H and O–H groups in total. The van der Waals surface area contributed by atoms with Gasteiger partial charge in [0.15, 0.2) is 11.7 Å². The summed E-state index contributed by atoms with van der Waals surface area (Å²) in [5.74, 6) is -1.59. The molecular formula is C17H13F3N2OS. The van der Waals surface area contributed by atoms with E-state index in [2.05, 4.69) is 4.98 Å². The molecule has 0 saturated heterocycles. The normalized spacial score (nSPS) is 15.4. The highest BCUT2D eigenvalue weighted by atomic mass is 32.1. The smallest absolute Gasteiger partial charge is 0.291 e. The third kappa shape index (κ3) is 3.20. The minimum absolute atomic E-state index is 0.0434. The molecule has 0 aromatic carbocycles. The number of alkyl halides is 3. The monoisotopic (exact) mass is 350 g/mol. The van der Waals surface area contributed by atoms with Gasteiger partial charge in [-0.15, -0.1) is 11.3 Å². The summed E-state index contributed by atoms with van der Waals surface area (Å²) in [4.78, 5) is 17.9. The number of hydrogen-bond acceptors (Lipinski definition) is 4. The van der Waals surface area contributed by atoms with Crippen molar-refractivity contribution >= 4 is 17.1 Å². The Labute approximate surface area is 140 Å². The van der Waals surface area contributed by atoms with Crippen LogP contribution in [0, 0.1) is 11.3 Å². The Hall–Kier alpha value is -2.20. The second-order valence-electron chi connectivity index (χ2n) is 5.66. The zero-order valence-corrected chi connectivity index (χ0v) is 13.4. The number of ketones is 1. The fourth-order valence-electron chi connectivity index (χ4n) is 2.76. The van der Waals surface area contributed by atoms with E-state index in [9.17, 15) is 23.2 Å². The van der Waals surface area contributed by atoms with E-state index in [1.165, 1.54) is 16.2 Å². The van der Waals surface area contributed by atoms with Crippen LogP contribution in [-0.4, -0.2) is 10.8 Å². The Kier molecular flexibility index (Phi) is 4.41. The molecule has 3 rings (SSSR count). The number of carbonyl (C=O) groups is 1. The molecular weight excluding hydrogens is 337 g/mol. The fraction of sp³-hybridized carbons (Fsp3) is 0.353. The van der Waals surface area contributed by atoms with Crippen LogP contribution in [0.2, 0.25) is 0 Å². The lowest BCUT2D eigenvalue weighted by Gasteiger charge is -2.09. The Balaban J connectivity index is 1.87. The van der Waals surface area contributed by atoms with Crippen LogP contribution in [0.1, 0.15) is 50.1 Å². The molecule has 1 aliphatic carbocycles. The average Bonchev–Trinajstić information content (AvgIpc) is 2.99. The molecule has 0 radical (unpaired) electrons. The fourth-order valence-corrected chi connectivity index (χ4v) is 3.98. The second-order valence-corrected chi connectivity index (χ2v) is 6.80. The third-order valence-corrected chi connectivity index (χ3v) is 5.29. The number of aromatic nitrogens is 1. The largest absolute Gasteiger partial charge is 0.417 e. The number of rotatable bonds is 3. The average molecular weight is 350 g/mol. The highest BCUT2D eigenvalue weighted by molar-refractivity contribution is 7.14. The van der Waals surface area contributed by atoms with Crippen LogP contribution in [-0.2, 0) is 19.0 Å². The van der Waals surface area contributed by atoms with Crippen LogP contribution < -0.4 is 0 Å². The summed E-state index contributed by atoms with van der Waals surface area (Å²) in [6, 6.07) is 5.63. The van der Waals surface area contributed by atoms with Gasteiger partial charge >= 0.3 is 6.18 Å². The number of thiophene rings is 1. The number of fused-ring (bicyclic) bond motifs is 1. The van der Waals surface area contributed by atoms with E-state index >= 15 is 0 Å². The summed E-state index contributed by atoms with van der Waals surface area (Å²) in [5, 5.41) is 9.31. The molecule has 1 atom stereocenters. The van der Waals surface area contributed by atoms with Crippen LogP contribution >= 0.6 is 11.3 Å². The van der Waals surface area contributed by atoms with Crippen LogP contribution in [0.3, 0.4) is 0 Å². The molecule has 2 aromatic rings. The van der Waals surface area contributed by atoms with Gasteiger partial charge in [0, 0.05) is 11.1 Å². The van der Waals surface area contributed by atoms with Gasteiger partial charge < -0.3 is 0 Å². The maximum absolute atomic E-state index is 12.6. The van der Waals surface area contributed by atoms with Gasteiger partial charge in [-0.05, 0) is 49.4 Å². The molecule has 2 aromatic heterocycles. The van der Waals surface area contributed by atoms with Gasteiger partial charge in [-0.2, -0.15) is 18.4 Å². The molecule has 0 bridgehead atoms. The van der Waals surface area contributed by atoms with Crippen molar-refractivity contribution in [2.24, 2.45) is 0 Å². The molecule has 0 fully saturated rings. The molecule has 1 unspecified atom stereocenters. The summed E-state index contributed by atoms with van der Waals surface area (Å²) in [5.41, 5.74) is 0.288. The molecule has 0 amide bonds. The number of nitrogens with zero attached hydrogens (tertiary/aromatic N) is 2. The molecule has 124 valence electrons. The molecule has 2 heterocycles. The predicted octanol–water partition coefficient (Wildman–Crippen LogP) is 4.53. The van der Waals surface area contributed by atoms with Crippen molar-refractivity contribution in [1.29, 1.82) is 5.26 Å². The van der Waals surface area contributed by atoms with Gasteiger partial charge in [0.25, 0.3) is 0 Å². The van der Waals surface area contributed by atoms with E-state index in [-0.39, 0.29) is 5.69 Å². The second kappa shape index (κ2) is 6.36. The standard InChI is InChI=1S/C17H13F3N2OS/c18-17(19,20)11-5-6-13(22-9-11)12(8-21)16(23)15-7-10-3-1-2-4-14(10)24-15/h5-7,9,12H,1-4H2. The Morgan fingerprint density at radius 2 is 2.04 bits per heavy atom. The van der Waals surface area contributed by atoms with Crippen LogP contribution in [0.25, 0.3) is 0 Å². The number of hydrogen-bond donors (Lipinski definition) is 0. The number of halogens is 3. The highest BCUT2D eigenvalue weighted by Crippen LogP contribution is 2.33. The number of nitriles is 1.